The third kappa shape index (κ3) is 3.92. The number of aliphatic hydroxyl groups excluding tert-OH is 2. The Kier molecular flexibility index (Phi) is 5.32. The summed E-state index contributed by atoms with van der Waals surface area (Å²) in [5, 5.41) is 19.5. The van der Waals surface area contributed by atoms with Gasteiger partial charge in [-0.05, 0) is 18.6 Å². The molecule has 17 heavy (non-hydrogen) atoms. The number of thiophene rings is 1. The number of hydrogen-bond donors (Lipinski definition) is 2. The van der Waals surface area contributed by atoms with Gasteiger partial charge in [0.2, 0.25) is 0 Å². The van der Waals surface area contributed by atoms with Crippen LogP contribution in [0.1, 0.15) is 33.1 Å². The summed E-state index contributed by atoms with van der Waals surface area (Å²) >= 11 is 2.12. The first-order valence-corrected chi connectivity index (χ1v) is 6.81. The summed E-state index contributed by atoms with van der Waals surface area (Å²) < 4.78 is 0. The van der Waals surface area contributed by atoms with Crippen LogP contribution in [0, 0.1) is 6.92 Å². The van der Waals surface area contributed by atoms with Crippen LogP contribution >= 0.6 is 23.1 Å². The lowest BCUT2D eigenvalue weighted by atomic mass is 10.1. The molecular formula is C11H14O4S2. The molecule has 0 aliphatic heterocycles. The maximum Gasteiger partial charge on any atom is 0.185 e. The first-order chi connectivity index (χ1) is 7.95. The zero-order valence-corrected chi connectivity index (χ0v) is 11.2. The van der Waals surface area contributed by atoms with Gasteiger partial charge in [0.05, 0.1) is 11.0 Å². The zero-order chi connectivity index (χ0) is 13.0. The third-order valence-electron chi connectivity index (χ3n) is 2.18. The highest BCUT2D eigenvalue weighted by molar-refractivity contribution is 8.13. The second kappa shape index (κ2) is 6.30. The van der Waals surface area contributed by atoms with Gasteiger partial charge in [0.1, 0.15) is 6.10 Å². The van der Waals surface area contributed by atoms with Crippen molar-refractivity contribution in [2.75, 3.05) is 5.75 Å². The number of aliphatic hydroxyl groups is 2. The summed E-state index contributed by atoms with van der Waals surface area (Å²) in [5.74, 6) is 0.143. The van der Waals surface area contributed by atoms with Crippen LogP contribution in [-0.2, 0) is 4.79 Å². The summed E-state index contributed by atoms with van der Waals surface area (Å²) in [6.07, 6.45) is -1.36. The van der Waals surface area contributed by atoms with Gasteiger partial charge in [-0.3, -0.25) is 9.59 Å². The fourth-order valence-electron chi connectivity index (χ4n) is 1.34. The molecule has 1 rings (SSSR count). The largest absolute Gasteiger partial charge is 0.389 e. The van der Waals surface area contributed by atoms with Crippen LogP contribution in [0.5, 0.6) is 0 Å². The van der Waals surface area contributed by atoms with Crippen LogP contribution in [0.15, 0.2) is 6.07 Å². The molecule has 0 fully saturated rings. The molecule has 2 unspecified atom stereocenters. The molecule has 6 heteroatoms. The fourth-order valence-corrected chi connectivity index (χ4v) is 2.97. The summed E-state index contributed by atoms with van der Waals surface area (Å²) in [6.45, 7) is 3.18. The van der Waals surface area contributed by atoms with Crippen molar-refractivity contribution >= 4 is 34.5 Å². The molecule has 0 saturated carbocycles. The van der Waals surface area contributed by atoms with E-state index in [4.69, 9.17) is 0 Å². The molecule has 0 aliphatic rings. The standard InChI is InChI=1S/C11H14O4S2/c1-6-3-8(4-12)17-11(6)10(15)9(14)5-16-7(2)13/h3-4,9-10,14-15H,5H2,1-2H3. The van der Waals surface area contributed by atoms with E-state index < -0.39 is 12.2 Å². The Balaban J connectivity index is 2.73. The second-order valence-electron chi connectivity index (χ2n) is 3.63. The SMILES string of the molecule is CC(=O)SCC(O)C(O)c1sc(C=O)cc1C. The van der Waals surface area contributed by atoms with Crippen molar-refractivity contribution in [2.24, 2.45) is 0 Å². The minimum absolute atomic E-state index is 0.104. The zero-order valence-electron chi connectivity index (χ0n) is 9.54. The lowest BCUT2D eigenvalue weighted by Crippen LogP contribution is -2.21. The Labute approximate surface area is 108 Å². The van der Waals surface area contributed by atoms with E-state index in [0.29, 0.717) is 16.0 Å². The van der Waals surface area contributed by atoms with Gasteiger partial charge < -0.3 is 10.2 Å². The molecular weight excluding hydrogens is 260 g/mol. The van der Waals surface area contributed by atoms with E-state index in [1.807, 2.05) is 0 Å². The molecule has 1 aromatic rings. The quantitative estimate of drug-likeness (QED) is 0.797. The second-order valence-corrected chi connectivity index (χ2v) is 5.94. The van der Waals surface area contributed by atoms with E-state index in [0.717, 1.165) is 28.7 Å². The van der Waals surface area contributed by atoms with Crippen molar-refractivity contribution in [3.05, 3.63) is 21.4 Å². The fraction of sp³-hybridized carbons (Fsp3) is 0.455. The van der Waals surface area contributed by atoms with Gasteiger partial charge in [-0.25, -0.2) is 0 Å². The van der Waals surface area contributed by atoms with Gasteiger partial charge >= 0.3 is 0 Å². The van der Waals surface area contributed by atoms with Gasteiger partial charge in [0.25, 0.3) is 0 Å². The topological polar surface area (TPSA) is 74.6 Å². The van der Waals surface area contributed by atoms with Crippen LogP contribution in [-0.4, -0.2) is 33.5 Å². The number of aryl methyl sites for hydroxylation is 1. The Morgan fingerprint density at radius 3 is 2.71 bits per heavy atom. The molecule has 1 aromatic heterocycles. The average molecular weight is 274 g/mol. The summed E-state index contributed by atoms with van der Waals surface area (Å²) in [4.78, 5) is 22.4. The van der Waals surface area contributed by atoms with Crippen molar-refractivity contribution in [1.29, 1.82) is 0 Å². The minimum Gasteiger partial charge on any atom is -0.389 e. The molecule has 0 aliphatic carbocycles. The van der Waals surface area contributed by atoms with E-state index in [1.54, 1.807) is 13.0 Å². The highest BCUT2D eigenvalue weighted by Gasteiger charge is 2.22. The number of carbonyl (C=O) groups excluding carboxylic acids is 2. The van der Waals surface area contributed by atoms with Crippen LogP contribution in [0.2, 0.25) is 0 Å². The Bertz CT molecular complexity index is 414. The highest BCUT2D eigenvalue weighted by Crippen LogP contribution is 2.30. The van der Waals surface area contributed by atoms with Gasteiger partial charge in [0, 0.05) is 17.6 Å². The molecule has 0 saturated heterocycles. The molecule has 0 aromatic carbocycles. The van der Waals surface area contributed by atoms with Gasteiger partial charge in [-0.2, -0.15) is 0 Å². The van der Waals surface area contributed by atoms with E-state index in [9.17, 15) is 19.8 Å². The summed E-state index contributed by atoms with van der Waals surface area (Å²) in [6, 6.07) is 1.67. The number of hydrogen-bond acceptors (Lipinski definition) is 6. The Hall–Kier alpha value is -0.690. The minimum atomic E-state index is -1.06. The normalized spacial score (nSPS) is 14.4. The summed E-state index contributed by atoms with van der Waals surface area (Å²) in [5.41, 5.74) is 0.775. The van der Waals surface area contributed by atoms with Crippen LogP contribution in [0.25, 0.3) is 0 Å². The van der Waals surface area contributed by atoms with Crippen molar-refractivity contribution in [1.82, 2.24) is 0 Å². The van der Waals surface area contributed by atoms with Crippen LogP contribution in [0.4, 0.5) is 0 Å². The molecule has 94 valence electrons. The van der Waals surface area contributed by atoms with E-state index in [1.165, 1.54) is 6.92 Å². The molecule has 4 nitrogen and oxygen atoms in total. The third-order valence-corrected chi connectivity index (χ3v) is 4.33. The monoisotopic (exact) mass is 274 g/mol. The van der Waals surface area contributed by atoms with E-state index in [2.05, 4.69) is 0 Å². The number of thioether (sulfide) groups is 1. The molecule has 0 bridgehead atoms. The number of rotatable bonds is 5. The summed E-state index contributed by atoms with van der Waals surface area (Å²) in [7, 11) is 0. The molecule has 0 spiro atoms. The van der Waals surface area contributed by atoms with Crippen molar-refractivity contribution in [3.8, 4) is 0 Å². The van der Waals surface area contributed by atoms with Crippen molar-refractivity contribution < 1.29 is 19.8 Å². The maximum absolute atomic E-state index is 10.8. The molecule has 2 atom stereocenters. The Morgan fingerprint density at radius 2 is 2.24 bits per heavy atom. The van der Waals surface area contributed by atoms with E-state index >= 15 is 0 Å². The van der Waals surface area contributed by atoms with Crippen molar-refractivity contribution in [2.45, 2.75) is 26.1 Å². The number of aldehydes is 1. The van der Waals surface area contributed by atoms with Crippen LogP contribution in [0.3, 0.4) is 0 Å². The first-order valence-electron chi connectivity index (χ1n) is 5.00. The highest BCUT2D eigenvalue weighted by atomic mass is 32.2. The molecule has 2 N–H and O–H groups in total. The first kappa shape index (κ1) is 14.4. The molecule has 0 radical (unpaired) electrons. The lowest BCUT2D eigenvalue weighted by Gasteiger charge is -2.16. The average Bonchev–Trinajstić information content (AvgIpc) is 2.66. The van der Waals surface area contributed by atoms with Gasteiger partial charge in [0.15, 0.2) is 11.4 Å². The maximum atomic E-state index is 10.8. The predicted molar refractivity (Wildman–Crippen MR) is 68.5 cm³/mol. The smallest absolute Gasteiger partial charge is 0.185 e. The molecule has 1 heterocycles. The number of carbonyl (C=O) groups is 2. The predicted octanol–water partition coefficient (Wildman–Crippen LogP) is 1.54. The van der Waals surface area contributed by atoms with Crippen molar-refractivity contribution in [3.63, 3.8) is 0 Å². The van der Waals surface area contributed by atoms with Gasteiger partial charge in [-0.15, -0.1) is 11.3 Å². The molecule has 0 amide bonds. The van der Waals surface area contributed by atoms with Crippen LogP contribution < -0.4 is 0 Å². The Morgan fingerprint density at radius 1 is 1.59 bits per heavy atom. The lowest BCUT2D eigenvalue weighted by molar-refractivity contribution is -0.109. The van der Waals surface area contributed by atoms with E-state index in [-0.39, 0.29) is 10.9 Å². The van der Waals surface area contributed by atoms with Gasteiger partial charge in [-0.1, -0.05) is 11.8 Å².